The molecule has 0 bridgehead atoms. The SMILES string of the molecule is Cc1c(C)c2c(c(C)c1O)C(=O)CC(C)(CCOc1ccc(Cc3sc(=O)[nH]c3O)cc1)O2. The predicted octanol–water partition coefficient (Wildman–Crippen LogP) is 4.56. The van der Waals surface area contributed by atoms with E-state index >= 15 is 0 Å². The fourth-order valence-electron chi connectivity index (χ4n) is 4.16. The lowest BCUT2D eigenvalue weighted by molar-refractivity contribution is 0.0373. The maximum absolute atomic E-state index is 12.9. The van der Waals surface area contributed by atoms with Gasteiger partial charge in [0.1, 0.15) is 22.8 Å². The molecule has 1 atom stereocenters. The van der Waals surface area contributed by atoms with Gasteiger partial charge in [0.2, 0.25) is 5.88 Å². The number of hydrogen-bond donors (Lipinski definition) is 3. The number of aromatic nitrogens is 1. The van der Waals surface area contributed by atoms with Gasteiger partial charge in [0.15, 0.2) is 5.78 Å². The van der Waals surface area contributed by atoms with E-state index in [1.165, 1.54) is 0 Å². The molecule has 0 radical (unpaired) electrons. The van der Waals surface area contributed by atoms with Gasteiger partial charge in [0.25, 0.3) is 0 Å². The lowest BCUT2D eigenvalue weighted by Crippen LogP contribution is -2.41. The molecule has 0 spiro atoms. The molecule has 3 N–H and O–H groups in total. The van der Waals surface area contributed by atoms with Crippen LogP contribution in [0.1, 0.15) is 57.3 Å². The summed E-state index contributed by atoms with van der Waals surface area (Å²) >= 11 is 0.994. The monoisotopic (exact) mass is 469 g/mol. The van der Waals surface area contributed by atoms with E-state index in [0.717, 1.165) is 28.0 Å². The van der Waals surface area contributed by atoms with Crippen molar-refractivity contribution in [3.05, 3.63) is 66.6 Å². The van der Waals surface area contributed by atoms with Gasteiger partial charge >= 0.3 is 4.87 Å². The standard InChI is InChI=1S/C25H27NO6S/c1-13-14(2)22-20(15(3)21(13)28)18(27)12-25(4,32-22)9-10-31-17-7-5-16(6-8-17)11-19-23(29)26-24(30)33-19/h5-8,28-29H,9-12H2,1-4H3,(H,26,30). The highest BCUT2D eigenvalue weighted by Gasteiger charge is 2.39. The summed E-state index contributed by atoms with van der Waals surface area (Å²) in [5.41, 5.74) is 2.79. The number of thiazole rings is 1. The number of rotatable bonds is 6. The smallest absolute Gasteiger partial charge is 0.307 e. The summed E-state index contributed by atoms with van der Waals surface area (Å²) in [7, 11) is 0. The molecule has 0 fully saturated rings. The van der Waals surface area contributed by atoms with Crippen molar-refractivity contribution in [3.8, 4) is 23.1 Å². The maximum Gasteiger partial charge on any atom is 0.307 e. The topological polar surface area (TPSA) is 109 Å². The van der Waals surface area contributed by atoms with Crippen LogP contribution < -0.4 is 14.3 Å². The molecule has 0 saturated carbocycles. The summed E-state index contributed by atoms with van der Waals surface area (Å²) in [5, 5.41) is 20.1. The molecule has 0 amide bonds. The summed E-state index contributed by atoms with van der Waals surface area (Å²) in [6.07, 6.45) is 1.19. The van der Waals surface area contributed by atoms with Gasteiger partial charge < -0.3 is 19.7 Å². The average molecular weight is 470 g/mol. The minimum Gasteiger partial charge on any atom is -0.507 e. The predicted molar refractivity (Wildman–Crippen MR) is 126 cm³/mol. The van der Waals surface area contributed by atoms with Crippen LogP contribution in [-0.4, -0.2) is 33.2 Å². The summed E-state index contributed by atoms with van der Waals surface area (Å²) in [6.45, 7) is 7.70. The lowest BCUT2D eigenvalue weighted by atomic mass is 9.85. The second-order valence-electron chi connectivity index (χ2n) is 8.79. The number of phenolic OH excluding ortho intramolecular Hbond substituents is 1. The first-order valence-electron chi connectivity index (χ1n) is 10.8. The third-order valence-electron chi connectivity index (χ3n) is 6.27. The fraction of sp³-hybridized carbons (Fsp3) is 0.360. The number of carbonyl (C=O) groups is 1. The van der Waals surface area contributed by atoms with E-state index in [2.05, 4.69) is 4.98 Å². The number of aromatic hydroxyl groups is 2. The van der Waals surface area contributed by atoms with Crippen LogP contribution in [0.3, 0.4) is 0 Å². The van der Waals surface area contributed by atoms with E-state index in [9.17, 15) is 19.8 Å². The number of fused-ring (bicyclic) bond motifs is 1. The zero-order valence-corrected chi connectivity index (χ0v) is 19.9. The molecular formula is C25H27NO6S. The largest absolute Gasteiger partial charge is 0.507 e. The zero-order valence-electron chi connectivity index (χ0n) is 19.1. The van der Waals surface area contributed by atoms with Crippen LogP contribution in [0.4, 0.5) is 0 Å². The summed E-state index contributed by atoms with van der Waals surface area (Å²) in [4.78, 5) is 26.9. The van der Waals surface area contributed by atoms with E-state index in [4.69, 9.17) is 9.47 Å². The number of benzene rings is 2. The molecule has 1 aromatic heterocycles. The molecule has 2 heterocycles. The number of phenols is 1. The minimum absolute atomic E-state index is 0.0330. The third kappa shape index (κ3) is 4.48. The van der Waals surface area contributed by atoms with Gasteiger partial charge in [0, 0.05) is 18.4 Å². The van der Waals surface area contributed by atoms with E-state index in [0.29, 0.717) is 47.0 Å². The van der Waals surface area contributed by atoms with E-state index in [-0.39, 0.29) is 28.7 Å². The van der Waals surface area contributed by atoms with Crippen LogP contribution in [0.25, 0.3) is 0 Å². The number of aromatic amines is 1. The summed E-state index contributed by atoms with van der Waals surface area (Å²) in [5.74, 6) is 1.28. The highest BCUT2D eigenvalue weighted by molar-refractivity contribution is 7.09. The number of ketones is 1. The van der Waals surface area contributed by atoms with Gasteiger partial charge in [-0.15, -0.1) is 0 Å². The summed E-state index contributed by atoms with van der Waals surface area (Å²) < 4.78 is 12.2. The van der Waals surface area contributed by atoms with Crippen LogP contribution in [0, 0.1) is 20.8 Å². The van der Waals surface area contributed by atoms with Gasteiger partial charge in [-0.1, -0.05) is 23.5 Å². The van der Waals surface area contributed by atoms with Crippen LogP contribution in [0.15, 0.2) is 29.1 Å². The Morgan fingerprint density at radius 2 is 1.79 bits per heavy atom. The number of nitrogens with one attached hydrogen (secondary N) is 1. The van der Waals surface area contributed by atoms with Gasteiger partial charge in [0.05, 0.1) is 23.5 Å². The molecule has 4 rings (SSSR count). The van der Waals surface area contributed by atoms with Gasteiger partial charge in [-0.3, -0.25) is 14.6 Å². The molecule has 0 aliphatic carbocycles. The Labute approximate surface area is 195 Å². The quantitative estimate of drug-likeness (QED) is 0.488. The van der Waals surface area contributed by atoms with Crippen molar-refractivity contribution in [2.24, 2.45) is 0 Å². The Hall–Kier alpha value is -3.26. The van der Waals surface area contributed by atoms with Crippen molar-refractivity contribution < 1.29 is 24.5 Å². The second kappa shape index (κ2) is 8.59. The minimum atomic E-state index is -0.701. The Balaban J connectivity index is 1.40. The highest BCUT2D eigenvalue weighted by atomic mass is 32.1. The number of hydrogen-bond acceptors (Lipinski definition) is 7. The third-order valence-corrected chi connectivity index (χ3v) is 7.14. The summed E-state index contributed by atoms with van der Waals surface area (Å²) in [6, 6.07) is 7.45. The van der Waals surface area contributed by atoms with Crippen LogP contribution in [-0.2, 0) is 6.42 Å². The molecular weight excluding hydrogens is 442 g/mol. The average Bonchev–Trinajstić information content (AvgIpc) is 3.08. The first-order valence-corrected chi connectivity index (χ1v) is 11.6. The molecule has 1 aliphatic heterocycles. The van der Waals surface area contributed by atoms with E-state index in [1.807, 2.05) is 45.0 Å². The normalized spacial score (nSPS) is 17.5. The molecule has 0 saturated heterocycles. The van der Waals surface area contributed by atoms with Gasteiger partial charge in [-0.2, -0.15) is 0 Å². The van der Waals surface area contributed by atoms with E-state index in [1.54, 1.807) is 6.92 Å². The van der Waals surface area contributed by atoms with Crippen molar-refractivity contribution in [1.29, 1.82) is 0 Å². The zero-order chi connectivity index (χ0) is 23.9. The van der Waals surface area contributed by atoms with Crippen molar-refractivity contribution in [2.45, 2.75) is 52.6 Å². The first kappa shape index (κ1) is 22.9. The molecule has 1 unspecified atom stereocenters. The van der Waals surface area contributed by atoms with Gasteiger partial charge in [-0.05, 0) is 56.5 Å². The Morgan fingerprint density at radius 3 is 2.42 bits per heavy atom. The lowest BCUT2D eigenvalue weighted by Gasteiger charge is -2.37. The maximum atomic E-state index is 12.9. The number of H-pyrrole nitrogens is 1. The molecule has 3 aromatic rings. The number of Topliss-reactive ketones (excluding diaryl/α,β-unsaturated/α-hetero) is 1. The van der Waals surface area contributed by atoms with Crippen molar-refractivity contribution in [3.63, 3.8) is 0 Å². The van der Waals surface area contributed by atoms with Gasteiger partial charge in [-0.25, -0.2) is 0 Å². The molecule has 8 heteroatoms. The Morgan fingerprint density at radius 1 is 1.09 bits per heavy atom. The Bertz CT molecular complexity index is 1270. The number of carbonyl (C=O) groups excluding carboxylic acids is 1. The van der Waals surface area contributed by atoms with Crippen molar-refractivity contribution in [2.75, 3.05) is 6.61 Å². The van der Waals surface area contributed by atoms with Crippen molar-refractivity contribution in [1.82, 2.24) is 4.98 Å². The van der Waals surface area contributed by atoms with Crippen molar-refractivity contribution >= 4 is 17.1 Å². The second-order valence-corrected chi connectivity index (χ2v) is 9.85. The molecule has 174 valence electrons. The molecule has 1 aliphatic rings. The molecule has 33 heavy (non-hydrogen) atoms. The van der Waals surface area contributed by atoms with Crippen LogP contribution in [0.2, 0.25) is 0 Å². The number of ether oxygens (including phenoxy) is 2. The highest BCUT2D eigenvalue weighted by Crippen LogP contribution is 2.44. The van der Waals surface area contributed by atoms with E-state index < -0.39 is 5.60 Å². The molecule has 2 aromatic carbocycles. The molecule has 7 nitrogen and oxygen atoms in total. The first-order chi connectivity index (χ1) is 15.6. The van der Waals surface area contributed by atoms with Crippen LogP contribution >= 0.6 is 11.3 Å². The Kier molecular flexibility index (Phi) is 5.97. The fourth-order valence-corrected chi connectivity index (χ4v) is 4.92. The van der Waals surface area contributed by atoms with Crippen LogP contribution in [0.5, 0.6) is 23.1 Å².